The normalized spacial score (nSPS) is 11.8. The molecule has 4 nitrogen and oxygen atoms in total. The summed E-state index contributed by atoms with van der Waals surface area (Å²) in [5.41, 5.74) is 9.73. The molecule has 7 heteroatoms. The topological polar surface area (TPSA) is 42.2 Å². The standard InChI is InChI=1S/C25H20Cl2N4S/c1-15-7-10-23-18(11-15)19(13-28-30-25-29-22-5-3-4-6-24(22)32-25)16(2)31(23)14-17-8-9-20(26)21(27)12-17/h3-13H,14H2,1-2H3,(H,29,30). The zero-order valence-corrected chi connectivity index (χ0v) is 19.9. The van der Waals surface area contributed by atoms with E-state index >= 15 is 0 Å². The van der Waals surface area contributed by atoms with Gasteiger partial charge in [0.15, 0.2) is 0 Å². The molecule has 0 amide bonds. The number of aryl methyl sites for hydroxylation is 1. The molecule has 0 saturated heterocycles. The number of halogens is 2. The van der Waals surface area contributed by atoms with Gasteiger partial charge in [-0.15, -0.1) is 0 Å². The van der Waals surface area contributed by atoms with Crippen molar-refractivity contribution in [2.45, 2.75) is 20.4 Å². The second-order valence-corrected chi connectivity index (χ2v) is 9.56. The van der Waals surface area contributed by atoms with Gasteiger partial charge in [-0.1, -0.05) is 64.4 Å². The molecule has 0 unspecified atom stereocenters. The van der Waals surface area contributed by atoms with Crippen molar-refractivity contribution in [3.05, 3.63) is 93.1 Å². The highest BCUT2D eigenvalue weighted by atomic mass is 35.5. The van der Waals surface area contributed by atoms with Gasteiger partial charge in [0.05, 0.1) is 26.5 Å². The molecule has 2 aromatic heterocycles. The number of rotatable bonds is 5. The van der Waals surface area contributed by atoms with Crippen LogP contribution in [0.1, 0.15) is 22.4 Å². The largest absolute Gasteiger partial charge is 0.340 e. The molecular formula is C25H20Cl2N4S. The summed E-state index contributed by atoms with van der Waals surface area (Å²) in [5.74, 6) is 0. The van der Waals surface area contributed by atoms with E-state index in [0.717, 1.165) is 43.1 Å². The number of hydrogen-bond donors (Lipinski definition) is 1. The maximum Gasteiger partial charge on any atom is 0.204 e. The number of nitrogens with one attached hydrogen (secondary N) is 1. The number of hydrogen-bond acceptors (Lipinski definition) is 4. The lowest BCUT2D eigenvalue weighted by Crippen LogP contribution is -2.02. The predicted molar refractivity (Wildman–Crippen MR) is 138 cm³/mol. The van der Waals surface area contributed by atoms with E-state index in [1.807, 2.05) is 42.6 Å². The van der Waals surface area contributed by atoms with Gasteiger partial charge in [0.25, 0.3) is 0 Å². The Morgan fingerprint density at radius 2 is 1.88 bits per heavy atom. The summed E-state index contributed by atoms with van der Waals surface area (Å²) < 4.78 is 3.42. The van der Waals surface area contributed by atoms with Crippen LogP contribution in [0.15, 0.2) is 65.8 Å². The van der Waals surface area contributed by atoms with E-state index in [0.29, 0.717) is 16.6 Å². The van der Waals surface area contributed by atoms with Crippen molar-refractivity contribution in [1.82, 2.24) is 9.55 Å². The molecule has 0 bridgehead atoms. The molecule has 5 rings (SSSR count). The Kier molecular flexibility index (Phi) is 5.64. The molecule has 32 heavy (non-hydrogen) atoms. The minimum atomic E-state index is 0.564. The third-order valence-electron chi connectivity index (χ3n) is 5.50. The molecular weight excluding hydrogens is 459 g/mol. The number of nitrogens with zero attached hydrogens (tertiary/aromatic N) is 3. The van der Waals surface area contributed by atoms with Crippen molar-refractivity contribution in [2.24, 2.45) is 5.10 Å². The van der Waals surface area contributed by atoms with Crippen molar-refractivity contribution in [2.75, 3.05) is 5.43 Å². The monoisotopic (exact) mass is 478 g/mol. The molecule has 0 saturated carbocycles. The number of benzene rings is 3. The van der Waals surface area contributed by atoms with Gasteiger partial charge in [0, 0.05) is 28.7 Å². The Balaban J connectivity index is 1.50. The Morgan fingerprint density at radius 1 is 1.03 bits per heavy atom. The van der Waals surface area contributed by atoms with E-state index in [1.165, 1.54) is 5.56 Å². The first-order chi connectivity index (χ1) is 15.5. The van der Waals surface area contributed by atoms with Gasteiger partial charge in [-0.05, 0) is 55.8 Å². The highest BCUT2D eigenvalue weighted by molar-refractivity contribution is 7.22. The third kappa shape index (κ3) is 3.99. The van der Waals surface area contributed by atoms with E-state index in [1.54, 1.807) is 11.3 Å². The fraction of sp³-hybridized carbons (Fsp3) is 0.120. The van der Waals surface area contributed by atoms with Gasteiger partial charge in [-0.25, -0.2) is 4.98 Å². The van der Waals surface area contributed by atoms with Crippen LogP contribution in [0.2, 0.25) is 10.0 Å². The molecule has 0 spiro atoms. The molecule has 1 N–H and O–H groups in total. The smallest absolute Gasteiger partial charge is 0.204 e. The Bertz CT molecular complexity index is 1450. The lowest BCUT2D eigenvalue weighted by molar-refractivity contribution is 0.804. The summed E-state index contributed by atoms with van der Waals surface area (Å²) in [5, 5.41) is 7.58. The van der Waals surface area contributed by atoms with Gasteiger partial charge in [-0.3, -0.25) is 5.43 Å². The van der Waals surface area contributed by atoms with Gasteiger partial charge in [0.1, 0.15) is 0 Å². The minimum Gasteiger partial charge on any atom is -0.340 e. The predicted octanol–water partition coefficient (Wildman–Crippen LogP) is 7.67. The van der Waals surface area contributed by atoms with Crippen LogP contribution in [-0.4, -0.2) is 15.8 Å². The van der Waals surface area contributed by atoms with Crippen LogP contribution in [0.3, 0.4) is 0 Å². The van der Waals surface area contributed by atoms with E-state index in [4.69, 9.17) is 23.2 Å². The number of thiazole rings is 1. The van der Waals surface area contributed by atoms with Gasteiger partial charge >= 0.3 is 0 Å². The quantitative estimate of drug-likeness (QED) is 0.208. The Labute approximate surface area is 200 Å². The zero-order chi connectivity index (χ0) is 22.2. The first-order valence-corrected chi connectivity index (χ1v) is 11.7. The summed E-state index contributed by atoms with van der Waals surface area (Å²) in [6.45, 7) is 4.92. The second kappa shape index (κ2) is 8.58. The number of fused-ring (bicyclic) bond motifs is 2. The Hall–Kier alpha value is -2.86. The number of anilines is 1. The van der Waals surface area contributed by atoms with E-state index in [2.05, 4.69) is 58.2 Å². The summed E-state index contributed by atoms with van der Waals surface area (Å²) in [6, 6.07) is 20.3. The van der Waals surface area contributed by atoms with Crippen molar-refractivity contribution in [3.8, 4) is 0 Å². The molecule has 0 aliphatic carbocycles. The minimum absolute atomic E-state index is 0.564. The lowest BCUT2D eigenvalue weighted by atomic mass is 10.1. The van der Waals surface area contributed by atoms with E-state index < -0.39 is 0 Å². The van der Waals surface area contributed by atoms with Crippen LogP contribution < -0.4 is 5.43 Å². The fourth-order valence-corrected chi connectivity index (χ4v) is 5.02. The van der Waals surface area contributed by atoms with Crippen molar-refractivity contribution >= 4 is 67.0 Å². The fourth-order valence-electron chi connectivity index (χ4n) is 3.88. The highest BCUT2D eigenvalue weighted by Gasteiger charge is 2.14. The molecule has 0 aliphatic rings. The SMILES string of the molecule is Cc1ccc2c(c1)c(C=NNc1nc3ccccc3s1)c(C)n2Cc1ccc(Cl)c(Cl)c1. The highest BCUT2D eigenvalue weighted by Crippen LogP contribution is 2.29. The number of para-hydroxylation sites is 1. The van der Waals surface area contributed by atoms with Gasteiger partial charge in [-0.2, -0.15) is 5.10 Å². The first-order valence-electron chi connectivity index (χ1n) is 10.2. The average molecular weight is 479 g/mol. The van der Waals surface area contributed by atoms with Gasteiger partial charge in [0.2, 0.25) is 5.13 Å². The van der Waals surface area contributed by atoms with Crippen molar-refractivity contribution in [3.63, 3.8) is 0 Å². The second-order valence-electron chi connectivity index (χ2n) is 7.71. The van der Waals surface area contributed by atoms with Crippen LogP contribution in [-0.2, 0) is 6.54 Å². The first kappa shape index (κ1) is 21.0. The summed E-state index contributed by atoms with van der Waals surface area (Å²) in [7, 11) is 0. The zero-order valence-electron chi connectivity index (χ0n) is 17.6. The van der Waals surface area contributed by atoms with Crippen molar-refractivity contribution < 1.29 is 0 Å². The number of aromatic nitrogens is 2. The molecule has 3 aromatic carbocycles. The van der Waals surface area contributed by atoms with Crippen LogP contribution in [0.4, 0.5) is 5.13 Å². The summed E-state index contributed by atoms with van der Waals surface area (Å²) in [6.07, 6.45) is 1.88. The van der Waals surface area contributed by atoms with Crippen LogP contribution in [0.5, 0.6) is 0 Å². The van der Waals surface area contributed by atoms with Crippen LogP contribution in [0, 0.1) is 13.8 Å². The molecule has 0 atom stereocenters. The van der Waals surface area contributed by atoms with Crippen molar-refractivity contribution in [1.29, 1.82) is 0 Å². The molecule has 0 aliphatic heterocycles. The third-order valence-corrected chi connectivity index (χ3v) is 7.18. The van der Waals surface area contributed by atoms with E-state index in [-0.39, 0.29) is 0 Å². The summed E-state index contributed by atoms with van der Waals surface area (Å²) >= 11 is 13.9. The molecule has 5 aromatic rings. The lowest BCUT2D eigenvalue weighted by Gasteiger charge is -2.10. The molecule has 0 radical (unpaired) electrons. The molecule has 0 fully saturated rings. The van der Waals surface area contributed by atoms with E-state index in [9.17, 15) is 0 Å². The average Bonchev–Trinajstić information content (AvgIpc) is 3.30. The number of hydrazone groups is 1. The Morgan fingerprint density at radius 3 is 2.69 bits per heavy atom. The summed E-state index contributed by atoms with van der Waals surface area (Å²) in [4.78, 5) is 4.58. The molecule has 2 heterocycles. The molecule has 160 valence electrons. The van der Waals surface area contributed by atoms with Crippen LogP contribution >= 0.6 is 34.5 Å². The maximum atomic E-state index is 6.24. The van der Waals surface area contributed by atoms with Crippen LogP contribution in [0.25, 0.3) is 21.1 Å². The van der Waals surface area contributed by atoms with Gasteiger partial charge < -0.3 is 4.57 Å². The maximum absolute atomic E-state index is 6.24.